The summed E-state index contributed by atoms with van der Waals surface area (Å²) in [5.41, 5.74) is 2.19. The van der Waals surface area contributed by atoms with Crippen molar-refractivity contribution < 1.29 is 23.5 Å². The maximum Gasteiger partial charge on any atom is 0.270 e. The molecule has 0 spiro atoms. The summed E-state index contributed by atoms with van der Waals surface area (Å²) < 4.78 is 26.0. The molecule has 0 unspecified atom stereocenters. The molecule has 2 amide bonds. The van der Waals surface area contributed by atoms with Crippen LogP contribution in [0.1, 0.15) is 18.1 Å². The van der Waals surface area contributed by atoms with Crippen molar-refractivity contribution in [3.05, 3.63) is 124 Å². The van der Waals surface area contributed by atoms with E-state index in [4.69, 9.17) is 21.7 Å². The van der Waals surface area contributed by atoms with Gasteiger partial charge in [-0.05, 0) is 101 Å². The van der Waals surface area contributed by atoms with E-state index in [1.165, 1.54) is 28.0 Å². The Balaban J connectivity index is 1.55. The van der Waals surface area contributed by atoms with Gasteiger partial charge in [-0.3, -0.25) is 19.4 Å². The van der Waals surface area contributed by atoms with Crippen LogP contribution >= 0.6 is 28.1 Å². The molecule has 0 radical (unpaired) electrons. The second-order valence-corrected chi connectivity index (χ2v) is 10.2. The van der Waals surface area contributed by atoms with Crippen molar-refractivity contribution in [3.8, 4) is 11.5 Å². The van der Waals surface area contributed by atoms with Crippen molar-refractivity contribution in [1.29, 1.82) is 0 Å². The number of halogens is 2. The summed E-state index contributed by atoms with van der Waals surface area (Å²) >= 11 is 9.21. The second-order valence-electron chi connectivity index (χ2n) is 8.97. The Labute approximate surface area is 250 Å². The molecule has 0 bridgehead atoms. The number of hydrogen-bond donors (Lipinski definition) is 0. The minimum absolute atomic E-state index is 0.0619. The third-order valence-corrected chi connectivity index (χ3v) is 7.15. The monoisotopic (exact) mass is 630 g/mol. The van der Waals surface area contributed by atoms with E-state index in [1.54, 1.807) is 72.8 Å². The highest BCUT2D eigenvalue weighted by atomic mass is 79.9. The van der Waals surface area contributed by atoms with Crippen molar-refractivity contribution >= 4 is 62.5 Å². The minimum Gasteiger partial charge on any atom is -0.490 e. The molecule has 0 saturated carbocycles. The SMILES string of the molecule is CCOc1cc(C=C2C(=O)N(c3ccccc3)C(=S)N(c3ccccc3)C2=O)cc(Br)c1OCc1cccc(F)c1. The smallest absolute Gasteiger partial charge is 0.270 e. The minimum atomic E-state index is -0.543. The molecule has 1 heterocycles. The van der Waals surface area contributed by atoms with E-state index in [0.29, 0.717) is 45.1 Å². The summed E-state index contributed by atoms with van der Waals surface area (Å²) in [7, 11) is 0. The molecule has 5 rings (SSSR count). The zero-order chi connectivity index (χ0) is 28.9. The lowest BCUT2D eigenvalue weighted by atomic mass is 10.0. The number of carbonyl (C=O) groups excluding carboxylic acids is 2. The van der Waals surface area contributed by atoms with Crippen molar-refractivity contribution in [3.63, 3.8) is 0 Å². The molecule has 41 heavy (non-hydrogen) atoms. The fourth-order valence-corrected chi connectivity index (χ4v) is 5.31. The molecule has 0 N–H and O–H groups in total. The normalized spacial score (nSPS) is 13.4. The number of para-hydroxylation sites is 2. The van der Waals surface area contributed by atoms with Crippen LogP contribution in [-0.2, 0) is 16.2 Å². The van der Waals surface area contributed by atoms with Crippen molar-refractivity contribution in [2.45, 2.75) is 13.5 Å². The van der Waals surface area contributed by atoms with Gasteiger partial charge in [-0.2, -0.15) is 0 Å². The van der Waals surface area contributed by atoms with Crippen molar-refractivity contribution in [2.24, 2.45) is 0 Å². The van der Waals surface area contributed by atoms with Gasteiger partial charge in [-0.15, -0.1) is 0 Å². The average Bonchev–Trinajstić information content (AvgIpc) is 2.96. The van der Waals surface area contributed by atoms with Crippen molar-refractivity contribution in [1.82, 2.24) is 0 Å². The van der Waals surface area contributed by atoms with E-state index < -0.39 is 11.8 Å². The lowest BCUT2D eigenvalue weighted by molar-refractivity contribution is -0.120. The fraction of sp³-hybridized carbons (Fsp3) is 0.0938. The van der Waals surface area contributed by atoms with Gasteiger partial charge in [0.2, 0.25) is 0 Å². The maximum absolute atomic E-state index is 13.8. The summed E-state index contributed by atoms with van der Waals surface area (Å²) in [5.74, 6) is -0.626. The predicted octanol–water partition coefficient (Wildman–Crippen LogP) is 7.31. The van der Waals surface area contributed by atoms with Crippen LogP contribution in [0, 0.1) is 5.82 Å². The van der Waals surface area contributed by atoms with Gasteiger partial charge >= 0.3 is 0 Å². The molecule has 4 aromatic rings. The Morgan fingerprint density at radius 2 is 1.44 bits per heavy atom. The third kappa shape index (κ3) is 6.06. The van der Waals surface area contributed by atoms with Gasteiger partial charge in [0.1, 0.15) is 18.0 Å². The van der Waals surface area contributed by atoms with E-state index in [9.17, 15) is 14.0 Å². The first kappa shape index (κ1) is 28.2. The van der Waals surface area contributed by atoms with E-state index >= 15 is 0 Å². The second kappa shape index (κ2) is 12.4. The van der Waals surface area contributed by atoms with Gasteiger partial charge in [0.25, 0.3) is 11.8 Å². The third-order valence-electron chi connectivity index (χ3n) is 6.19. The first-order chi connectivity index (χ1) is 19.9. The average molecular weight is 632 g/mol. The molecular weight excluding hydrogens is 607 g/mol. The van der Waals surface area contributed by atoms with E-state index in [0.717, 1.165) is 0 Å². The molecule has 1 aliphatic rings. The van der Waals surface area contributed by atoms with Gasteiger partial charge in [0.05, 0.1) is 22.5 Å². The van der Waals surface area contributed by atoms with Crippen LogP contribution in [0.2, 0.25) is 0 Å². The first-order valence-electron chi connectivity index (χ1n) is 12.8. The summed E-state index contributed by atoms with van der Waals surface area (Å²) in [6.07, 6.45) is 1.52. The summed E-state index contributed by atoms with van der Waals surface area (Å²) in [5, 5.41) is 0.0619. The molecule has 1 aliphatic heterocycles. The van der Waals surface area contributed by atoms with E-state index in [-0.39, 0.29) is 23.1 Å². The molecule has 9 heteroatoms. The van der Waals surface area contributed by atoms with Crippen LogP contribution in [0.25, 0.3) is 6.08 Å². The zero-order valence-electron chi connectivity index (χ0n) is 21.9. The lowest BCUT2D eigenvalue weighted by Crippen LogP contribution is -2.56. The highest BCUT2D eigenvalue weighted by Crippen LogP contribution is 2.39. The van der Waals surface area contributed by atoms with Crippen LogP contribution < -0.4 is 19.3 Å². The first-order valence-corrected chi connectivity index (χ1v) is 14.0. The molecular formula is C32H24BrFN2O4S. The molecule has 206 valence electrons. The molecule has 6 nitrogen and oxygen atoms in total. The molecule has 1 fully saturated rings. The largest absolute Gasteiger partial charge is 0.490 e. The fourth-order valence-electron chi connectivity index (χ4n) is 4.36. The lowest BCUT2D eigenvalue weighted by Gasteiger charge is -2.36. The van der Waals surface area contributed by atoms with Crippen LogP contribution in [0.15, 0.2) is 107 Å². The quantitative estimate of drug-likeness (QED) is 0.116. The van der Waals surface area contributed by atoms with Crippen LogP contribution in [-0.4, -0.2) is 23.5 Å². The Morgan fingerprint density at radius 1 is 0.829 bits per heavy atom. The van der Waals surface area contributed by atoms with Gasteiger partial charge in [-0.1, -0.05) is 48.5 Å². The van der Waals surface area contributed by atoms with Gasteiger partial charge < -0.3 is 9.47 Å². The van der Waals surface area contributed by atoms with Crippen LogP contribution in [0.3, 0.4) is 0 Å². The molecule has 0 atom stereocenters. The topological polar surface area (TPSA) is 59.1 Å². The number of carbonyl (C=O) groups is 2. The molecule has 0 aromatic heterocycles. The Hall–Kier alpha value is -4.34. The van der Waals surface area contributed by atoms with Gasteiger partial charge in [-0.25, -0.2) is 4.39 Å². The Morgan fingerprint density at radius 3 is 2.00 bits per heavy atom. The number of anilines is 2. The summed E-state index contributed by atoms with van der Waals surface area (Å²) in [4.78, 5) is 30.3. The zero-order valence-corrected chi connectivity index (χ0v) is 24.3. The van der Waals surface area contributed by atoms with Crippen LogP contribution in [0.4, 0.5) is 15.8 Å². The number of thiocarbonyl (C=S) groups is 1. The van der Waals surface area contributed by atoms with Gasteiger partial charge in [0, 0.05) is 0 Å². The summed E-state index contributed by atoms with van der Waals surface area (Å²) in [6.45, 7) is 2.29. The van der Waals surface area contributed by atoms with Crippen LogP contribution in [0.5, 0.6) is 11.5 Å². The van der Waals surface area contributed by atoms with E-state index in [1.807, 2.05) is 19.1 Å². The maximum atomic E-state index is 13.8. The van der Waals surface area contributed by atoms with Gasteiger partial charge in [0.15, 0.2) is 16.6 Å². The number of nitrogens with zero attached hydrogens (tertiary/aromatic N) is 2. The standard InChI is InChI=1S/C32H24BrFN2O4S/c1-2-39-28-19-22(18-27(33)29(28)40-20-21-10-9-11-23(34)16-21)17-26-30(37)35(24-12-5-3-6-13-24)32(41)36(31(26)38)25-14-7-4-8-15-25/h3-19H,2,20H2,1H3. The number of amides is 2. The summed E-state index contributed by atoms with van der Waals surface area (Å²) in [6, 6.07) is 27.5. The predicted molar refractivity (Wildman–Crippen MR) is 164 cm³/mol. The number of rotatable bonds is 8. The highest BCUT2D eigenvalue weighted by molar-refractivity contribution is 9.10. The van der Waals surface area contributed by atoms with Crippen molar-refractivity contribution in [2.75, 3.05) is 16.4 Å². The molecule has 1 saturated heterocycles. The number of hydrogen-bond acceptors (Lipinski definition) is 5. The molecule has 0 aliphatic carbocycles. The number of benzene rings is 4. The van der Waals surface area contributed by atoms with E-state index in [2.05, 4.69) is 15.9 Å². The Kier molecular flexibility index (Phi) is 8.56. The molecule has 4 aromatic carbocycles. The number of ether oxygens (including phenoxy) is 2. The highest BCUT2D eigenvalue weighted by Gasteiger charge is 2.41. The Bertz CT molecular complexity index is 1580.